The lowest BCUT2D eigenvalue weighted by atomic mass is 10.2. The number of para-hydroxylation sites is 1. The van der Waals surface area contributed by atoms with Crippen molar-refractivity contribution in [1.29, 1.82) is 0 Å². The number of hydrogen-bond acceptors (Lipinski definition) is 4. The highest BCUT2D eigenvalue weighted by molar-refractivity contribution is 5.79. The van der Waals surface area contributed by atoms with Gasteiger partial charge in [0.05, 0.1) is 17.8 Å². The summed E-state index contributed by atoms with van der Waals surface area (Å²) in [7, 11) is 0. The summed E-state index contributed by atoms with van der Waals surface area (Å²) in [5, 5.41) is 0.979. The normalized spacial score (nSPS) is 10.6. The van der Waals surface area contributed by atoms with Gasteiger partial charge >= 0.3 is 5.97 Å². The Kier molecular flexibility index (Phi) is 3.77. The van der Waals surface area contributed by atoms with Gasteiger partial charge in [0.25, 0.3) is 0 Å². The number of benzene rings is 1. The minimum Gasteiger partial charge on any atom is -0.480 e. The van der Waals surface area contributed by atoms with Crippen molar-refractivity contribution >= 4 is 16.9 Å². The van der Waals surface area contributed by atoms with Gasteiger partial charge in [-0.2, -0.15) is 0 Å². The lowest BCUT2D eigenvalue weighted by Crippen LogP contribution is -2.18. The predicted molar refractivity (Wildman–Crippen MR) is 68.5 cm³/mol. The smallest absolute Gasteiger partial charge is 0.344 e. The molecule has 0 amide bonds. The highest BCUT2D eigenvalue weighted by Crippen LogP contribution is 2.17. The number of carbonyl (C=O) groups is 1. The van der Waals surface area contributed by atoms with Crippen LogP contribution in [0.15, 0.2) is 36.5 Å². The van der Waals surface area contributed by atoms with Gasteiger partial charge in [-0.25, -0.2) is 4.79 Å². The van der Waals surface area contributed by atoms with E-state index in [1.807, 2.05) is 30.3 Å². The zero-order valence-electron chi connectivity index (χ0n) is 10.4. The number of esters is 1. The summed E-state index contributed by atoms with van der Waals surface area (Å²) in [5.74, 6) is 0.188. The number of pyridine rings is 1. The summed E-state index contributed by atoms with van der Waals surface area (Å²) >= 11 is 0. The van der Waals surface area contributed by atoms with E-state index in [1.165, 1.54) is 0 Å². The third-order valence-electron chi connectivity index (χ3n) is 2.29. The topological polar surface area (TPSA) is 48.4 Å². The summed E-state index contributed by atoms with van der Waals surface area (Å²) in [6.07, 6.45) is 1.47. The van der Waals surface area contributed by atoms with Crippen LogP contribution in [0.4, 0.5) is 0 Å². The van der Waals surface area contributed by atoms with E-state index in [9.17, 15) is 4.79 Å². The van der Waals surface area contributed by atoms with Crippen molar-refractivity contribution in [3.8, 4) is 5.75 Å². The average Bonchev–Trinajstić information content (AvgIpc) is 2.35. The zero-order valence-corrected chi connectivity index (χ0v) is 10.4. The Bertz CT molecular complexity index is 551. The third kappa shape index (κ3) is 3.20. The standard InChI is InChI=1S/C14H15NO3/c1-10(2)18-14(16)9-17-12-7-11-5-3-4-6-13(11)15-8-12/h3-8,10H,9H2,1-2H3. The molecular weight excluding hydrogens is 230 g/mol. The lowest BCUT2D eigenvalue weighted by molar-refractivity contribution is -0.149. The van der Waals surface area contributed by atoms with Gasteiger partial charge in [-0.3, -0.25) is 4.98 Å². The first-order valence-electron chi connectivity index (χ1n) is 5.82. The summed E-state index contributed by atoms with van der Waals surface area (Å²) in [6, 6.07) is 9.58. The highest BCUT2D eigenvalue weighted by Gasteiger charge is 2.07. The SMILES string of the molecule is CC(C)OC(=O)COc1cnc2ccccc2c1. The largest absolute Gasteiger partial charge is 0.480 e. The molecule has 0 atom stereocenters. The lowest BCUT2D eigenvalue weighted by Gasteiger charge is -2.09. The van der Waals surface area contributed by atoms with Crippen LogP contribution in [0, 0.1) is 0 Å². The molecule has 1 heterocycles. The maximum atomic E-state index is 11.3. The first kappa shape index (κ1) is 12.4. The van der Waals surface area contributed by atoms with Crippen molar-refractivity contribution in [2.24, 2.45) is 0 Å². The molecule has 0 unspecified atom stereocenters. The quantitative estimate of drug-likeness (QED) is 0.777. The summed E-state index contributed by atoms with van der Waals surface area (Å²) in [6.45, 7) is 3.50. The molecule has 0 N–H and O–H groups in total. The maximum absolute atomic E-state index is 11.3. The van der Waals surface area contributed by atoms with E-state index in [1.54, 1.807) is 20.0 Å². The van der Waals surface area contributed by atoms with E-state index in [0.29, 0.717) is 5.75 Å². The van der Waals surface area contributed by atoms with Crippen molar-refractivity contribution in [1.82, 2.24) is 4.98 Å². The van der Waals surface area contributed by atoms with Gasteiger partial charge in [0, 0.05) is 5.39 Å². The van der Waals surface area contributed by atoms with Crippen molar-refractivity contribution in [3.63, 3.8) is 0 Å². The number of hydrogen-bond donors (Lipinski definition) is 0. The molecule has 0 spiro atoms. The third-order valence-corrected chi connectivity index (χ3v) is 2.29. The molecule has 0 aliphatic heterocycles. The second-order valence-corrected chi connectivity index (χ2v) is 4.19. The van der Waals surface area contributed by atoms with Crippen molar-refractivity contribution < 1.29 is 14.3 Å². The Morgan fingerprint density at radius 3 is 2.89 bits per heavy atom. The second kappa shape index (κ2) is 5.49. The Hall–Kier alpha value is -2.10. The van der Waals surface area contributed by atoms with E-state index in [0.717, 1.165) is 10.9 Å². The fourth-order valence-electron chi connectivity index (χ4n) is 1.57. The van der Waals surface area contributed by atoms with Gasteiger partial charge in [0.1, 0.15) is 5.75 Å². The summed E-state index contributed by atoms with van der Waals surface area (Å²) < 4.78 is 10.3. The molecule has 0 aliphatic rings. The van der Waals surface area contributed by atoms with E-state index in [2.05, 4.69) is 4.98 Å². The predicted octanol–water partition coefficient (Wildman–Crippen LogP) is 2.57. The molecule has 1 aromatic heterocycles. The van der Waals surface area contributed by atoms with Crippen LogP contribution < -0.4 is 4.74 Å². The Morgan fingerprint density at radius 2 is 2.11 bits per heavy atom. The molecule has 0 saturated carbocycles. The van der Waals surface area contributed by atoms with Crippen LogP contribution in [0.3, 0.4) is 0 Å². The van der Waals surface area contributed by atoms with Gasteiger partial charge in [-0.15, -0.1) is 0 Å². The number of aromatic nitrogens is 1. The molecular formula is C14H15NO3. The average molecular weight is 245 g/mol. The molecule has 0 bridgehead atoms. The Balaban J connectivity index is 2.01. The molecule has 2 aromatic rings. The minimum atomic E-state index is -0.377. The van der Waals surface area contributed by atoms with Crippen molar-refractivity contribution in [2.75, 3.05) is 6.61 Å². The molecule has 0 aliphatic carbocycles. The minimum absolute atomic E-state index is 0.0990. The fraction of sp³-hybridized carbons (Fsp3) is 0.286. The number of carbonyl (C=O) groups excluding carboxylic acids is 1. The monoisotopic (exact) mass is 245 g/mol. The van der Waals surface area contributed by atoms with Crippen LogP contribution in [0.25, 0.3) is 10.9 Å². The van der Waals surface area contributed by atoms with E-state index in [-0.39, 0.29) is 18.7 Å². The van der Waals surface area contributed by atoms with Crippen LogP contribution in [0.5, 0.6) is 5.75 Å². The van der Waals surface area contributed by atoms with Gasteiger partial charge in [-0.1, -0.05) is 18.2 Å². The van der Waals surface area contributed by atoms with E-state index < -0.39 is 0 Å². The Labute approximate surface area is 106 Å². The molecule has 4 heteroatoms. The van der Waals surface area contributed by atoms with E-state index in [4.69, 9.17) is 9.47 Å². The second-order valence-electron chi connectivity index (χ2n) is 4.19. The molecule has 0 saturated heterocycles. The fourth-order valence-corrected chi connectivity index (χ4v) is 1.57. The number of ether oxygens (including phenoxy) is 2. The first-order valence-corrected chi connectivity index (χ1v) is 5.82. The molecule has 4 nitrogen and oxygen atoms in total. The van der Waals surface area contributed by atoms with Gasteiger partial charge in [-0.05, 0) is 26.0 Å². The van der Waals surface area contributed by atoms with Crippen LogP contribution in [0.2, 0.25) is 0 Å². The zero-order chi connectivity index (χ0) is 13.0. The molecule has 0 fully saturated rings. The summed E-state index contributed by atoms with van der Waals surface area (Å²) in [5.41, 5.74) is 0.898. The molecule has 18 heavy (non-hydrogen) atoms. The van der Waals surface area contributed by atoms with Crippen LogP contribution in [-0.4, -0.2) is 23.7 Å². The summed E-state index contributed by atoms with van der Waals surface area (Å²) in [4.78, 5) is 15.6. The Morgan fingerprint density at radius 1 is 1.33 bits per heavy atom. The van der Waals surface area contributed by atoms with Crippen molar-refractivity contribution in [2.45, 2.75) is 20.0 Å². The maximum Gasteiger partial charge on any atom is 0.344 e. The van der Waals surface area contributed by atoms with Crippen LogP contribution in [-0.2, 0) is 9.53 Å². The number of rotatable bonds is 4. The number of fused-ring (bicyclic) bond motifs is 1. The molecule has 1 aromatic carbocycles. The highest BCUT2D eigenvalue weighted by atomic mass is 16.6. The number of nitrogens with zero attached hydrogens (tertiary/aromatic N) is 1. The van der Waals surface area contributed by atoms with Crippen molar-refractivity contribution in [3.05, 3.63) is 36.5 Å². The molecule has 2 rings (SSSR count). The van der Waals surface area contributed by atoms with Gasteiger partial charge in [0.2, 0.25) is 0 Å². The van der Waals surface area contributed by atoms with Crippen LogP contribution in [0.1, 0.15) is 13.8 Å². The van der Waals surface area contributed by atoms with Gasteiger partial charge < -0.3 is 9.47 Å². The molecule has 0 radical (unpaired) electrons. The molecule has 94 valence electrons. The van der Waals surface area contributed by atoms with E-state index >= 15 is 0 Å². The first-order chi connectivity index (χ1) is 8.65. The van der Waals surface area contributed by atoms with Crippen LogP contribution >= 0.6 is 0 Å². The van der Waals surface area contributed by atoms with Gasteiger partial charge in [0.15, 0.2) is 6.61 Å².